The van der Waals surface area contributed by atoms with Gasteiger partial charge in [-0.2, -0.15) is 5.10 Å². The normalized spacial score (nSPS) is 25.0. The Labute approximate surface area is 143 Å². The van der Waals surface area contributed by atoms with Crippen molar-refractivity contribution in [3.05, 3.63) is 17.0 Å². The highest BCUT2D eigenvalue weighted by atomic mass is 16.5. The van der Waals surface area contributed by atoms with E-state index in [0.29, 0.717) is 13.0 Å². The van der Waals surface area contributed by atoms with Gasteiger partial charge in [-0.05, 0) is 56.9 Å². The minimum absolute atomic E-state index is 0.0538. The first-order chi connectivity index (χ1) is 11.5. The second-order valence-corrected chi connectivity index (χ2v) is 7.40. The summed E-state index contributed by atoms with van der Waals surface area (Å²) in [6.45, 7) is 6.21. The highest BCUT2D eigenvalue weighted by Crippen LogP contribution is 2.70. The van der Waals surface area contributed by atoms with Crippen LogP contribution >= 0.6 is 0 Å². The van der Waals surface area contributed by atoms with Gasteiger partial charge in [0, 0.05) is 39.1 Å². The summed E-state index contributed by atoms with van der Waals surface area (Å²) >= 11 is 0. The van der Waals surface area contributed by atoms with Gasteiger partial charge in [0.1, 0.15) is 0 Å². The molecule has 2 aliphatic rings. The average Bonchev–Trinajstić information content (AvgIpc) is 3.09. The van der Waals surface area contributed by atoms with Crippen molar-refractivity contribution >= 4 is 5.91 Å². The summed E-state index contributed by atoms with van der Waals surface area (Å²) in [4.78, 5) is 12.9. The van der Waals surface area contributed by atoms with Crippen molar-refractivity contribution in [2.45, 2.75) is 46.0 Å². The fraction of sp³-hybridized carbons (Fsp3) is 0.778. The van der Waals surface area contributed by atoms with Crippen molar-refractivity contribution in [2.75, 3.05) is 26.4 Å². The van der Waals surface area contributed by atoms with Crippen LogP contribution in [-0.4, -0.2) is 47.2 Å². The van der Waals surface area contributed by atoms with E-state index in [0.717, 1.165) is 50.3 Å². The van der Waals surface area contributed by atoms with E-state index in [2.05, 4.69) is 17.3 Å². The molecule has 3 rings (SSSR count). The van der Waals surface area contributed by atoms with Gasteiger partial charge in [-0.1, -0.05) is 0 Å². The topological polar surface area (TPSA) is 76.4 Å². The molecule has 0 radical (unpaired) electrons. The summed E-state index contributed by atoms with van der Waals surface area (Å²) in [6.07, 6.45) is 4.11. The molecule has 1 spiro atoms. The van der Waals surface area contributed by atoms with Crippen LogP contribution in [0.25, 0.3) is 0 Å². The minimum Gasteiger partial charge on any atom is -0.396 e. The fourth-order valence-electron chi connectivity index (χ4n) is 4.58. The molecule has 0 aromatic carbocycles. The zero-order valence-corrected chi connectivity index (χ0v) is 15.0. The summed E-state index contributed by atoms with van der Waals surface area (Å²) in [5.41, 5.74) is 3.06. The number of aromatic nitrogens is 2. The van der Waals surface area contributed by atoms with Crippen LogP contribution < -0.4 is 5.32 Å². The van der Waals surface area contributed by atoms with Gasteiger partial charge >= 0.3 is 0 Å². The van der Waals surface area contributed by atoms with E-state index in [1.165, 1.54) is 5.56 Å². The zero-order chi connectivity index (χ0) is 17.4. The van der Waals surface area contributed by atoms with E-state index < -0.39 is 0 Å². The van der Waals surface area contributed by atoms with Gasteiger partial charge in [0.25, 0.3) is 0 Å². The maximum absolute atomic E-state index is 12.9. The molecular formula is C18H29N3O3. The lowest BCUT2D eigenvalue weighted by Crippen LogP contribution is -2.39. The second-order valence-electron chi connectivity index (χ2n) is 7.40. The maximum atomic E-state index is 12.9. The standard InChI is InChI=1S/C18H29N3O3/c1-13-15(14(2)21(3)20-13)4-8-19-16(23)18(5-9-22)12-17(18)6-10-24-11-7-17/h22H,4-12H2,1-3H3,(H,19,23). The van der Waals surface area contributed by atoms with Crippen LogP contribution in [0.3, 0.4) is 0 Å². The Morgan fingerprint density at radius 1 is 1.38 bits per heavy atom. The van der Waals surface area contributed by atoms with Gasteiger partial charge in [-0.25, -0.2) is 0 Å². The van der Waals surface area contributed by atoms with Crippen molar-refractivity contribution in [3.8, 4) is 0 Å². The van der Waals surface area contributed by atoms with Gasteiger partial charge in [0.05, 0.1) is 11.1 Å². The van der Waals surface area contributed by atoms with Gasteiger partial charge in [0.15, 0.2) is 0 Å². The molecule has 2 heterocycles. The number of amides is 1. The molecule has 1 aromatic heterocycles. The van der Waals surface area contributed by atoms with Crippen molar-refractivity contribution in [2.24, 2.45) is 17.9 Å². The second kappa shape index (κ2) is 6.48. The number of carbonyl (C=O) groups excluding carboxylic acids is 1. The number of nitrogens with zero attached hydrogens (tertiary/aromatic N) is 2. The van der Waals surface area contributed by atoms with E-state index in [9.17, 15) is 9.90 Å². The predicted octanol–water partition coefficient (Wildman–Crippen LogP) is 1.26. The summed E-state index contributed by atoms with van der Waals surface area (Å²) < 4.78 is 7.35. The molecule has 6 nitrogen and oxygen atoms in total. The molecule has 2 N–H and O–H groups in total. The van der Waals surface area contributed by atoms with Crippen LogP contribution in [0.5, 0.6) is 0 Å². The van der Waals surface area contributed by atoms with Crippen molar-refractivity contribution in [3.63, 3.8) is 0 Å². The molecule has 134 valence electrons. The van der Waals surface area contributed by atoms with E-state index in [-0.39, 0.29) is 23.3 Å². The molecule has 6 heteroatoms. The Morgan fingerprint density at radius 2 is 2.08 bits per heavy atom. The third-order valence-corrected chi connectivity index (χ3v) is 6.27. The van der Waals surface area contributed by atoms with Crippen LogP contribution in [0.2, 0.25) is 0 Å². The van der Waals surface area contributed by atoms with E-state index in [4.69, 9.17) is 4.74 Å². The van der Waals surface area contributed by atoms with Crippen LogP contribution in [0, 0.1) is 24.7 Å². The SMILES string of the molecule is Cc1nn(C)c(C)c1CCNC(=O)C1(CCO)CC12CCOCC2. The van der Waals surface area contributed by atoms with Gasteiger partial charge in [-0.3, -0.25) is 9.48 Å². The molecule has 1 aliphatic carbocycles. The predicted molar refractivity (Wildman–Crippen MR) is 90.6 cm³/mol. The van der Waals surface area contributed by atoms with Crippen molar-refractivity contribution in [1.82, 2.24) is 15.1 Å². The smallest absolute Gasteiger partial charge is 0.226 e. The number of ether oxygens (including phenoxy) is 1. The molecule has 2 fully saturated rings. The zero-order valence-electron chi connectivity index (χ0n) is 15.0. The molecule has 1 saturated heterocycles. The highest BCUT2D eigenvalue weighted by Gasteiger charge is 2.70. The molecule has 1 unspecified atom stereocenters. The van der Waals surface area contributed by atoms with Crippen LogP contribution in [0.4, 0.5) is 0 Å². The van der Waals surface area contributed by atoms with Crippen LogP contribution in [-0.2, 0) is 23.0 Å². The molecule has 1 atom stereocenters. The Morgan fingerprint density at radius 3 is 2.67 bits per heavy atom. The molecular weight excluding hydrogens is 306 g/mol. The van der Waals surface area contributed by atoms with Gasteiger partial charge in [-0.15, -0.1) is 0 Å². The quantitative estimate of drug-likeness (QED) is 0.821. The Kier molecular flexibility index (Phi) is 4.71. The lowest BCUT2D eigenvalue weighted by Gasteiger charge is -2.28. The number of aliphatic hydroxyl groups is 1. The number of nitrogens with one attached hydrogen (secondary N) is 1. The Balaban J connectivity index is 1.61. The number of rotatable bonds is 6. The van der Waals surface area contributed by atoms with E-state index in [1.807, 2.05) is 18.7 Å². The molecule has 0 bridgehead atoms. The number of carbonyl (C=O) groups is 1. The molecule has 1 amide bonds. The lowest BCUT2D eigenvalue weighted by atomic mass is 9.83. The largest absolute Gasteiger partial charge is 0.396 e. The van der Waals surface area contributed by atoms with Crippen molar-refractivity contribution < 1.29 is 14.6 Å². The van der Waals surface area contributed by atoms with E-state index in [1.54, 1.807) is 0 Å². The minimum atomic E-state index is -0.384. The third-order valence-electron chi connectivity index (χ3n) is 6.27. The monoisotopic (exact) mass is 335 g/mol. The first kappa shape index (κ1) is 17.4. The van der Waals surface area contributed by atoms with E-state index >= 15 is 0 Å². The molecule has 1 saturated carbocycles. The summed E-state index contributed by atoms with van der Waals surface area (Å²) in [5.74, 6) is 0.109. The molecule has 1 aromatic rings. The number of aryl methyl sites for hydroxylation is 2. The number of hydrogen-bond donors (Lipinski definition) is 2. The first-order valence-electron chi connectivity index (χ1n) is 8.92. The van der Waals surface area contributed by atoms with Gasteiger partial charge in [0.2, 0.25) is 5.91 Å². The van der Waals surface area contributed by atoms with Crippen LogP contribution in [0.15, 0.2) is 0 Å². The molecule has 1 aliphatic heterocycles. The van der Waals surface area contributed by atoms with Crippen LogP contribution in [0.1, 0.15) is 42.6 Å². The summed E-state index contributed by atoms with van der Waals surface area (Å²) in [6, 6.07) is 0. The third kappa shape index (κ3) is 2.75. The number of aliphatic hydroxyl groups excluding tert-OH is 1. The average molecular weight is 335 g/mol. The number of hydrogen-bond acceptors (Lipinski definition) is 4. The maximum Gasteiger partial charge on any atom is 0.226 e. The highest BCUT2D eigenvalue weighted by molar-refractivity contribution is 5.87. The Bertz CT molecular complexity index is 619. The first-order valence-corrected chi connectivity index (χ1v) is 8.92. The lowest BCUT2D eigenvalue weighted by molar-refractivity contribution is -0.129. The molecule has 24 heavy (non-hydrogen) atoms. The summed E-state index contributed by atoms with van der Waals surface area (Å²) in [5, 5.41) is 17.0. The van der Waals surface area contributed by atoms with Crippen molar-refractivity contribution in [1.29, 1.82) is 0 Å². The Hall–Kier alpha value is -1.40. The summed E-state index contributed by atoms with van der Waals surface area (Å²) in [7, 11) is 1.94. The fourth-order valence-corrected chi connectivity index (χ4v) is 4.58. The van der Waals surface area contributed by atoms with Gasteiger partial charge < -0.3 is 15.2 Å².